The Kier molecular flexibility index (Phi) is 6.68. The fraction of sp³-hybridized carbons (Fsp3) is 0.600. The molecule has 0 amide bonds. The zero-order chi connectivity index (χ0) is 12.7. The van der Waals surface area contributed by atoms with Crippen molar-refractivity contribution in [3.63, 3.8) is 0 Å². The summed E-state index contributed by atoms with van der Waals surface area (Å²) in [6.45, 7) is 10.2. The first-order valence-corrected chi connectivity index (χ1v) is 7.19. The summed E-state index contributed by atoms with van der Waals surface area (Å²) < 4.78 is 0. The predicted molar refractivity (Wildman–Crippen MR) is 79.0 cm³/mol. The van der Waals surface area contributed by atoms with Gasteiger partial charge in [-0.3, -0.25) is 0 Å². The topological polar surface area (TPSA) is 3.24 Å². The lowest BCUT2D eigenvalue weighted by molar-refractivity contribution is 0.112. The van der Waals surface area contributed by atoms with Crippen LogP contribution in [-0.4, -0.2) is 24.5 Å². The van der Waals surface area contributed by atoms with Crippen LogP contribution in [0, 0.1) is 5.92 Å². The third-order valence-electron chi connectivity index (χ3n) is 3.02. The van der Waals surface area contributed by atoms with Crippen molar-refractivity contribution >= 4 is 12.6 Å². The van der Waals surface area contributed by atoms with Gasteiger partial charge in [-0.05, 0) is 43.0 Å². The maximum absolute atomic E-state index is 4.28. The van der Waals surface area contributed by atoms with Gasteiger partial charge in [0.05, 0.1) is 0 Å². The van der Waals surface area contributed by atoms with Gasteiger partial charge in [-0.1, -0.05) is 32.9 Å². The van der Waals surface area contributed by atoms with Crippen LogP contribution < -0.4 is 0 Å². The van der Waals surface area contributed by atoms with Crippen molar-refractivity contribution in [1.29, 1.82) is 0 Å². The van der Waals surface area contributed by atoms with Crippen molar-refractivity contribution in [2.75, 3.05) is 19.6 Å². The van der Waals surface area contributed by atoms with E-state index >= 15 is 0 Å². The molecule has 1 aliphatic heterocycles. The zero-order valence-electron chi connectivity index (χ0n) is 11.3. The molecule has 96 valence electrons. The van der Waals surface area contributed by atoms with E-state index in [2.05, 4.69) is 48.7 Å². The highest BCUT2D eigenvalue weighted by molar-refractivity contribution is 7.80. The second-order valence-electron chi connectivity index (χ2n) is 4.63. The van der Waals surface area contributed by atoms with Crippen LogP contribution in [-0.2, 0) is 6.42 Å². The minimum atomic E-state index is 0.925. The molecule has 17 heavy (non-hydrogen) atoms. The molecule has 0 N–H and O–H groups in total. The summed E-state index contributed by atoms with van der Waals surface area (Å²) in [7, 11) is 0. The van der Waals surface area contributed by atoms with E-state index in [1.54, 1.807) is 0 Å². The summed E-state index contributed by atoms with van der Waals surface area (Å²) >= 11 is 4.28. The van der Waals surface area contributed by atoms with Crippen molar-refractivity contribution in [3.05, 3.63) is 29.8 Å². The van der Waals surface area contributed by atoms with Crippen molar-refractivity contribution < 1.29 is 0 Å². The summed E-state index contributed by atoms with van der Waals surface area (Å²) in [6, 6.07) is 8.51. The smallest absolute Gasteiger partial charge is 0.00401 e. The Morgan fingerprint density at radius 3 is 2.29 bits per heavy atom. The van der Waals surface area contributed by atoms with Crippen LogP contribution in [0.4, 0.5) is 0 Å². The van der Waals surface area contributed by atoms with Crippen molar-refractivity contribution in [3.8, 4) is 0 Å². The normalized spacial score (nSPS) is 16.0. The highest BCUT2D eigenvalue weighted by Gasteiger charge is 2.20. The van der Waals surface area contributed by atoms with E-state index < -0.39 is 0 Å². The van der Waals surface area contributed by atoms with Crippen molar-refractivity contribution in [1.82, 2.24) is 4.90 Å². The van der Waals surface area contributed by atoms with E-state index in [0.717, 1.165) is 10.8 Å². The molecule has 2 rings (SSSR count). The molecular weight excluding hydrogens is 226 g/mol. The number of rotatable bonds is 4. The molecule has 0 atom stereocenters. The first kappa shape index (κ1) is 14.6. The zero-order valence-corrected chi connectivity index (χ0v) is 12.2. The lowest BCUT2D eigenvalue weighted by atomic mass is 10.0. The number of hydrogen-bond acceptors (Lipinski definition) is 2. The third kappa shape index (κ3) is 5.13. The van der Waals surface area contributed by atoms with Gasteiger partial charge in [-0.15, -0.1) is 12.6 Å². The van der Waals surface area contributed by atoms with Gasteiger partial charge in [-0.2, -0.15) is 0 Å². The molecule has 1 nitrogen and oxygen atoms in total. The van der Waals surface area contributed by atoms with Crippen LogP contribution in [0.3, 0.4) is 0 Å². The molecule has 1 saturated heterocycles. The number of likely N-dealkylation sites (tertiary alicyclic amines) is 1. The third-order valence-corrected chi connectivity index (χ3v) is 3.31. The molecule has 1 aliphatic rings. The van der Waals surface area contributed by atoms with E-state index in [9.17, 15) is 0 Å². The average Bonchev–Trinajstić information content (AvgIpc) is 2.32. The maximum atomic E-state index is 4.28. The molecule has 1 heterocycles. The van der Waals surface area contributed by atoms with Crippen molar-refractivity contribution in [2.45, 2.75) is 38.5 Å². The summed E-state index contributed by atoms with van der Waals surface area (Å²) in [5.74, 6) is 0.925. The standard InChI is InChI=1S/C13H19NS.C2H6/c1-11-9-14(10-11)8-2-3-12-4-6-13(15)7-5-12;1-2/h4-7,11,15H,2-3,8-10H2,1H3;1-2H3. The molecule has 0 spiro atoms. The number of nitrogens with zero attached hydrogens (tertiary/aromatic N) is 1. The van der Waals surface area contributed by atoms with Gasteiger partial charge in [0.1, 0.15) is 0 Å². The van der Waals surface area contributed by atoms with Crippen LogP contribution >= 0.6 is 12.6 Å². The summed E-state index contributed by atoms with van der Waals surface area (Å²) in [6.07, 6.45) is 2.47. The second-order valence-corrected chi connectivity index (χ2v) is 5.15. The van der Waals surface area contributed by atoms with E-state index in [0.29, 0.717) is 0 Å². The molecular formula is C15H25NS. The number of aryl methyl sites for hydroxylation is 1. The number of hydrogen-bond donors (Lipinski definition) is 1. The minimum Gasteiger partial charge on any atom is -0.303 e. The molecule has 0 saturated carbocycles. The highest BCUT2D eigenvalue weighted by Crippen LogP contribution is 2.15. The van der Waals surface area contributed by atoms with Gasteiger partial charge in [0, 0.05) is 18.0 Å². The Hall–Kier alpha value is -0.470. The Labute approximate surface area is 112 Å². The number of thiol groups is 1. The van der Waals surface area contributed by atoms with Gasteiger partial charge in [0.2, 0.25) is 0 Å². The van der Waals surface area contributed by atoms with E-state index in [1.165, 1.54) is 38.0 Å². The van der Waals surface area contributed by atoms with Gasteiger partial charge in [-0.25, -0.2) is 0 Å². The first-order valence-electron chi connectivity index (χ1n) is 6.74. The second kappa shape index (κ2) is 7.78. The monoisotopic (exact) mass is 251 g/mol. The van der Waals surface area contributed by atoms with Crippen LogP contribution in [0.25, 0.3) is 0 Å². The van der Waals surface area contributed by atoms with Crippen LogP contribution in [0.5, 0.6) is 0 Å². The van der Waals surface area contributed by atoms with E-state index in [-0.39, 0.29) is 0 Å². The molecule has 0 aromatic heterocycles. The highest BCUT2D eigenvalue weighted by atomic mass is 32.1. The molecule has 2 heteroatoms. The molecule has 0 unspecified atom stereocenters. The van der Waals surface area contributed by atoms with Crippen LogP contribution in [0.2, 0.25) is 0 Å². The summed E-state index contributed by atoms with van der Waals surface area (Å²) in [5, 5.41) is 0. The molecule has 0 aliphatic carbocycles. The largest absolute Gasteiger partial charge is 0.303 e. The summed E-state index contributed by atoms with van der Waals surface area (Å²) in [5.41, 5.74) is 1.43. The van der Waals surface area contributed by atoms with Gasteiger partial charge in [0.25, 0.3) is 0 Å². The quantitative estimate of drug-likeness (QED) is 0.795. The maximum Gasteiger partial charge on any atom is 0.00401 e. The average molecular weight is 251 g/mol. The van der Waals surface area contributed by atoms with E-state index in [4.69, 9.17) is 0 Å². The van der Waals surface area contributed by atoms with Gasteiger partial charge < -0.3 is 4.90 Å². The lowest BCUT2D eigenvalue weighted by Gasteiger charge is -2.37. The fourth-order valence-electron chi connectivity index (χ4n) is 2.18. The molecule has 0 bridgehead atoms. The Morgan fingerprint density at radius 1 is 1.18 bits per heavy atom. The molecule has 1 aromatic rings. The number of benzene rings is 1. The minimum absolute atomic E-state index is 0.925. The predicted octanol–water partition coefficient (Wildman–Crippen LogP) is 3.89. The Morgan fingerprint density at radius 2 is 1.76 bits per heavy atom. The Balaban J connectivity index is 0.000000686. The lowest BCUT2D eigenvalue weighted by Crippen LogP contribution is -2.45. The SMILES string of the molecule is CC.CC1CN(CCCc2ccc(S)cc2)C1. The van der Waals surface area contributed by atoms with E-state index in [1.807, 2.05) is 13.8 Å². The van der Waals surface area contributed by atoms with Crippen molar-refractivity contribution in [2.24, 2.45) is 5.92 Å². The van der Waals surface area contributed by atoms with Gasteiger partial charge in [0.15, 0.2) is 0 Å². The first-order chi connectivity index (χ1) is 8.24. The Bertz CT molecular complexity index is 301. The molecule has 1 aromatic carbocycles. The summed E-state index contributed by atoms with van der Waals surface area (Å²) in [4.78, 5) is 3.59. The fourth-order valence-corrected chi connectivity index (χ4v) is 2.33. The van der Waals surface area contributed by atoms with Crippen LogP contribution in [0.1, 0.15) is 32.8 Å². The molecule has 1 fully saturated rings. The van der Waals surface area contributed by atoms with Crippen LogP contribution in [0.15, 0.2) is 29.2 Å². The van der Waals surface area contributed by atoms with Gasteiger partial charge >= 0.3 is 0 Å². The molecule has 0 radical (unpaired) electrons.